The maximum Gasteiger partial charge on any atom is 0.123 e. The molecule has 0 atom stereocenters. The van der Waals surface area contributed by atoms with Gasteiger partial charge in [-0.3, -0.25) is 0 Å². The van der Waals surface area contributed by atoms with E-state index in [1.165, 1.54) is 0 Å². The van der Waals surface area contributed by atoms with Gasteiger partial charge in [-0.25, -0.2) is 4.39 Å². The normalized spacial score (nSPS) is 9.93. The molecule has 1 heteroatoms. The Kier molecular flexibility index (Phi) is 2.64. The Hall–Kier alpha value is -1.89. The van der Waals surface area contributed by atoms with Crippen molar-refractivity contribution in [3.05, 3.63) is 66.7 Å². The summed E-state index contributed by atoms with van der Waals surface area (Å²) in [6.45, 7) is 3.26. The summed E-state index contributed by atoms with van der Waals surface area (Å²) in [5.41, 5.74) is 2.75. The zero-order chi connectivity index (χ0) is 10.7. The molecule has 74 valence electrons. The average Bonchev–Trinajstić information content (AvgIpc) is 2.30. The van der Waals surface area contributed by atoms with Gasteiger partial charge >= 0.3 is 0 Å². The average molecular weight is 198 g/mol. The van der Waals surface area contributed by atoms with E-state index in [0.717, 1.165) is 11.1 Å². The molecule has 0 aliphatic heterocycles. The highest BCUT2D eigenvalue weighted by Crippen LogP contribution is 2.21. The highest BCUT2D eigenvalue weighted by atomic mass is 19.1. The molecule has 0 aliphatic rings. The lowest BCUT2D eigenvalue weighted by atomic mass is 10.0. The highest BCUT2D eigenvalue weighted by Gasteiger charge is 1.98. The van der Waals surface area contributed by atoms with Crippen molar-refractivity contribution >= 4 is 5.83 Å². The monoisotopic (exact) mass is 198 g/mol. The minimum atomic E-state index is -0.394. The van der Waals surface area contributed by atoms with E-state index >= 15 is 0 Å². The Balaban J connectivity index is 2.36. The summed E-state index contributed by atoms with van der Waals surface area (Å²) in [5, 5.41) is 0. The van der Waals surface area contributed by atoms with Crippen LogP contribution in [0.15, 0.2) is 61.2 Å². The molecule has 2 aromatic carbocycles. The van der Waals surface area contributed by atoms with Crippen LogP contribution in [0.25, 0.3) is 17.0 Å². The molecule has 0 radical (unpaired) electrons. The van der Waals surface area contributed by atoms with Crippen LogP contribution in [0.1, 0.15) is 5.56 Å². The van der Waals surface area contributed by atoms with Crippen LogP contribution in [0.3, 0.4) is 0 Å². The van der Waals surface area contributed by atoms with Crippen LogP contribution in [0.2, 0.25) is 0 Å². The van der Waals surface area contributed by atoms with E-state index in [2.05, 4.69) is 6.58 Å². The molecule has 15 heavy (non-hydrogen) atoms. The van der Waals surface area contributed by atoms with Gasteiger partial charge in [-0.1, -0.05) is 61.2 Å². The summed E-state index contributed by atoms with van der Waals surface area (Å²) in [4.78, 5) is 0. The minimum Gasteiger partial charge on any atom is -0.207 e. The molecular weight excluding hydrogens is 187 g/mol. The molecule has 0 nitrogen and oxygen atoms in total. The Labute approximate surface area is 88.7 Å². The van der Waals surface area contributed by atoms with Gasteiger partial charge in [-0.2, -0.15) is 0 Å². The van der Waals surface area contributed by atoms with E-state index in [0.29, 0.717) is 5.56 Å². The lowest BCUT2D eigenvalue weighted by molar-refractivity contribution is 0.763. The third-order valence-corrected chi connectivity index (χ3v) is 2.31. The fraction of sp³-hybridized carbons (Fsp3) is 0. The molecule has 0 heterocycles. The Morgan fingerprint density at radius 2 is 1.33 bits per heavy atom. The Bertz CT molecular complexity index is 454. The van der Waals surface area contributed by atoms with Gasteiger partial charge in [0, 0.05) is 5.56 Å². The van der Waals surface area contributed by atoms with Gasteiger partial charge < -0.3 is 0 Å². The molecule has 0 spiro atoms. The number of benzene rings is 2. The first-order valence-electron chi connectivity index (χ1n) is 4.77. The third-order valence-electron chi connectivity index (χ3n) is 2.31. The Morgan fingerprint density at radius 1 is 0.800 bits per heavy atom. The van der Waals surface area contributed by atoms with E-state index in [4.69, 9.17) is 0 Å². The van der Waals surface area contributed by atoms with Gasteiger partial charge in [0.2, 0.25) is 0 Å². The van der Waals surface area contributed by atoms with Crippen molar-refractivity contribution in [3.63, 3.8) is 0 Å². The lowest BCUT2D eigenvalue weighted by Gasteiger charge is -2.02. The zero-order valence-electron chi connectivity index (χ0n) is 8.28. The van der Waals surface area contributed by atoms with E-state index < -0.39 is 5.83 Å². The molecule has 0 unspecified atom stereocenters. The van der Waals surface area contributed by atoms with Crippen molar-refractivity contribution in [2.24, 2.45) is 0 Å². The van der Waals surface area contributed by atoms with Crippen molar-refractivity contribution in [2.75, 3.05) is 0 Å². The first kappa shape index (κ1) is 9.66. The summed E-state index contributed by atoms with van der Waals surface area (Å²) >= 11 is 0. The largest absolute Gasteiger partial charge is 0.207 e. The fourth-order valence-electron chi connectivity index (χ4n) is 1.47. The van der Waals surface area contributed by atoms with Crippen molar-refractivity contribution in [1.29, 1.82) is 0 Å². The first-order chi connectivity index (χ1) is 7.27. The van der Waals surface area contributed by atoms with Crippen molar-refractivity contribution in [3.8, 4) is 11.1 Å². The Morgan fingerprint density at radius 3 is 1.87 bits per heavy atom. The fourth-order valence-corrected chi connectivity index (χ4v) is 1.47. The standard InChI is InChI=1S/C14H11F/c1-11(15)12-7-9-14(10-8-12)13-5-3-2-4-6-13/h2-10H,1H2. The summed E-state index contributed by atoms with van der Waals surface area (Å²) in [7, 11) is 0. The quantitative estimate of drug-likeness (QED) is 0.675. The molecule has 0 fully saturated rings. The van der Waals surface area contributed by atoms with Crippen molar-refractivity contribution in [2.45, 2.75) is 0 Å². The molecule has 2 rings (SSSR count). The summed E-state index contributed by atoms with van der Waals surface area (Å²) in [6, 6.07) is 17.3. The molecule has 0 saturated heterocycles. The maximum atomic E-state index is 12.8. The van der Waals surface area contributed by atoms with Crippen LogP contribution in [0.5, 0.6) is 0 Å². The van der Waals surface area contributed by atoms with E-state index in [-0.39, 0.29) is 0 Å². The van der Waals surface area contributed by atoms with Crippen LogP contribution in [-0.2, 0) is 0 Å². The minimum absolute atomic E-state index is 0.394. The van der Waals surface area contributed by atoms with Crippen LogP contribution in [-0.4, -0.2) is 0 Å². The summed E-state index contributed by atoms with van der Waals surface area (Å²) in [6.07, 6.45) is 0. The summed E-state index contributed by atoms with van der Waals surface area (Å²) in [5.74, 6) is -0.394. The second kappa shape index (κ2) is 4.09. The van der Waals surface area contributed by atoms with Gasteiger partial charge in [0.1, 0.15) is 5.83 Å². The molecule has 0 N–H and O–H groups in total. The van der Waals surface area contributed by atoms with Crippen LogP contribution in [0.4, 0.5) is 4.39 Å². The van der Waals surface area contributed by atoms with E-state index in [1.807, 2.05) is 42.5 Å². The number of hydrogen-bond donors (Lipinski definition) is 0. The predicted octanol–water partition coefficient (Wildman–Crippen LogP) is 4.29. The lowest BCUT2D eigenvalue weighted by Crippen LogP contribution is -1.79. The van der Waals surface area contributed by atoms with Crippen LogP contribution >= 0.6 is 0 Å². The SMILES string of the molecule is C=C(F)c1ccc(-c2ccccc2)cc1. The molecule has 0 amide bonds. The molecule has 0 aliphatic carbocycles. The molecule has 0 bridgehead atoms. The highest BCUT2D eigenvalue weighted by molar-refractivity contribution is 5.66. The molecule has 2 aromatic rings. The van der Waals surface area contributed by atoms with Gasteiger partial charge in [0.15, 0.2) is 0 Å². The second-order valence-electron chi connectivity index (χ2n) is 3.35. The van der Waals surface area contributed by atoms with Crippen molar-refractivity contribution in [1.82, 2.24) is 0 Å². The maximum absolute atomic E-state index is 12.8. The zero-order valence-corrected chi connectivity index (χ0v) is 8.28. The second-order valence-corrected chi connectivity index (χ2v) is 3.35. The van der Waals surface area contributed by atoms with Gasteiger partial charge in [-0.15, -0.1) is 0 Å². The topological polar surface area (TPSA) is 0 Å². The van der Waals surface area contributed by atoms with Crippen LogP contribution < -0.4 is 0 Å². The van der Waals surface area contributed by atoms with Crippen LogP contribution in [0, 0.1) is 0 Å². The molecule has 0 aromatic heterocycles. The number of halogens is 1. The third kappa shape index (κ3) is 2.13. The van der Waals surface area contributed by atoms with E-state index in [1.54, 1.807) is 12.1 Å². The predicted molar refractivity (Wildman–Crippen MR) is 62.0 cm³/mol. The molecule has 0 saturated carbocycles. The first-order valence-corrected chi connectivity index (χ1v) is 4.77. The van der Waals surface area contributed by atoms with Crippen molar-refractivity contribution < 1.29 is 4.39 Å². The summed E-state index contributed by atoms with van der Waals surface area (Å²) < 4.78 is 12.8. The number of rotatable bonds is 2. The van der Waals surface area contributed by atoms with Gasteiger partial charge in [-0.05, 0) is 11.1 Å². The smallest absolute Gasteiger partial charge is 0.123 e. The number of hydrogen-bond acceptors (Lipinski definition) is 0. The van der Waals surface area contributed by atoms with E-state index in [9.17, 15) is 4.39 Å². The van der Waals surface area contributed by atoms with Gasteiger partial charge in [0.25, 0.3) is 0 Å². The van der Waals surface area contributed by atoms with Gasteiger partial charge in [0.05, 0.1) is 0 Å². The molecular formula is C14H11F.